The van der Waals surface area contributed by atoms with E-state index in [9.17, 15) is 19.8 Å². The van der Waals surface area contributed by atoms with Crippen LogP contribution in [0.5, 0.6) is 0 Å². The molecule has 1 aliphatic carbocycles. The van der Waals surface area contributed by atoms with Crippen molar-refractivity contribution < 1.29 is 65.7 Å². The van der Waals surface area contributed by atoms with Gasteiger partial charge in [-0.05, 0) is 12.8 Å². The summed E-state index contributed by atoms with van der Waals surface area (Å²) >= 11 is 0. The van der Waals surface area contributed by atoms with E-state index in [2.05, 4.69) is 10.6 Å². The predicted octanol–water partition coefficient (Wildman–Crippen LogP) is -9.02. The molecule has 114 valence electrons. The largest absolute Gasteiger partial charge is 4.00 e. The van der Waals surface area contributed by atoms with Crippen molar-refractivity contribution in [1.82, 2.24) is 10.6 Å². The van der Waals surface area contributed by atoms with Gasteiger partial charge in [-0.1, -0.05) is 12.8 Å². The van der Waals surface area contributed by atoms with Crippen LogP contribution in [0, 0.1) is 0 Å². The number of carboxylic acids is 2. The number of carbonyl (C=O) groups is 2. The van der Waals surface area contributed by atoms with Crippen LogP contribution in [-0.4, -0.2) is 37.1 Å². The molecule has 0 aromatic carbocycles. The molecule has 0 bridgehead atoms. The average Bonchev–Trinajstić information content (AvgIpc) is 2.24. The minimum absolute atomic E-state index is 0. The third kappa shape index (κ3) is 10.6. The number of aliphatic carboxylic acids is 2. The maximum Gasteiger partial charge on any atom is 4.00 e. The van der Waals surface area contributed by atoms with Crippen LogP contribution in [0.3, 0.4) is 0 Å². The molecule has 6 nitrogen and oxygen atoms in total. The molecule has 0 heterocycles. The maximum absolute atomic E-state index is 10.3. The Labute approximate surface area is 139 Å². The van der Waals surface area contributed by atoms with Crippen LogP contribution in [0.4, 0.5) is 0 Å². The smallest absolute Gasteiger partial charge is 1.00 e. The zero-order valence-electron chi connectivity index (χ0n) is 10.1. The van der Waals surface area contributed by atoms with Crippen molar-refractivity contribution >= 4 is 11.9 Å². The molecule has 0 saturated heterocycles. The van der Waals surface area contributed by atoms with Crippen LogP contribution in [0.25, 0.3) is 0 Å². The molecule has 9 heteroatoms. The predicted molar refractivity (Wildman–Crippen MR) is 52.1 cm³/mol. The molecule has 0 aliphatic heterocycles. The molecule has 0 unspecified atom stereocenters. The first-order valence-corrected chi connectivity index (χ1v) is 5.46. The first-order valence-electron chi connectivity index (χ1n) is 5.46. The van der Waals surface area contributed by atoms with Crippen molar-refractivity contribution in [2.24, 2.45) is 0 Å². The summed E-state index contributed by atoms with van der Waals surface area (Å²) in [4.78, 5) is 20.6. The normalized spacial score (nSPS) is 21.3. The van der Waals surface area contributed by atoms with Gasteiger partial charge in [0, 0.05) is 25.2 Å². The van der Waals surface area contributed by atoms with Gasteiger partial charge in [0.15, 0.2) is 0 Å². The third-order valence-electron chi connectivity index (χ3n) is 2.78. The quantitative estimate of drug-likeness (QED) is 0.381. The minimum Gasteiger partial charge on any atom is -1.00 e. The molecule has 1 fully saturated rings. The third-order valence-corrected chi connectivity index (χ3v) is 2.78. The molecule has 1 aliphatic rings. The Morgan fingerprint density at radius 1 is 0.895 bits per heavy atom. The van der Waals surface area contributed by atoms with Crippen molar-refractivity contribution in [2.45, 2.75) is 37.8 Å². The Morgan fingerprint density at radius 2 is 1.21 bits per heavy atom. The molecule has 19 heavy (non-hydrogen) atoms. The van der Waals surface area contributed by atoms with Crippen molar-refractivity contribution in [2.75, 3.05) is 13.1 Å². The number of halogens is 2. The van der Waals surface area contributed by atoms with Crippen LogP contribution in [-0.2, 0) is 30.7 Å². The van der Waals surface area contributed by atoms with Gasteiger partial charge in [-0.15, -0.1) is 0 Å². The summed E-state index contributed by atoms with van der Waals surface area (Å²) in [5.74, 6) is -2.30. The monoisotopic (exact) mass is 493 g/mol. The zero-order chi connectivity index (χ0) is 12.0. The fourth-order valence-electron chi connectivity index (χ4n) is 2.05. The Balaban J connectivity index is -0.000000853. The van der Waals surface area contributed by atoms with Crippen molar-refractivity contribution in [3.05, 3.63) is 0 Å². The van der Waals surface area contributed by atoms with Gasteiger partial charge in [-0.2, -0.15) is 0 Å². The number of nitrogens with one attached hydrogen (secondary N) is 2. The molecule has 0 aromatic rings. The van der Waals surface area contributed by atoms with Crippen molar-refractivity contribution in [3.8, 4) is 0 Å². The molecule has 2 N–H and O–H groups in total. The number of hydrogen-bond donors (Lipinski definition) is 2. The summed E-state index contributed by atoms with van der Waals surface area (Å²) in [6, 6.07) is -0.0167. The van der Waals surface area contributed by atoms with E-state index in [0.717, 1.165) is 25.7 Å². The standard InChI is InChI=1S/C10H18N2O4.2ClH.Pt/c13-9(14)5-11-7-3-1-2-4-8(7)12-6-10(15)16;;;/h7-8,11-12H,1-6H2,(H,13,14)(H,15,16);2*1H;/q;;;+4/p-4/t7-,8-;;;/m1.../s1. The van der Waals surface area contributed by atoms with Gasteiger partial charge in [0.1, 0.15) is 0 Å². The molecule has 0 aromatic heterocycles. The van der Waals surface area contributed by atoms with Gasteiger partial charge in [0.25, 0.3) is 0 Å². The summed E-state index contributed by atoms with van der Waals surface area (Å²) in [6.45, 7) is -0.400. The number of carbonyl (C=O) groups excluding carboxylic acids is 2. The van der Waals surface area contributed by atoms with Gasteiger partial charge in [0.05, 0.1) is 11.9 Å². The van der Waals surface area contributed by atoms with Gasteiger partial charge in [0.2, 0.25) is 0 Å². The summed E-state index contributed by atoms with van der Waals surface area (Å²) in [5.41, 5.74) is 0. The van der Waals surface area contributed by atoms with Gasteiger partial charge >= 0.3 is 21.1 Å². The second kappa shape index (κ2) is 13.1. The number of rotatable bonds is 6. The first-order chi connectivity index (χ1) is 7.59. The van der Waals surface area contributed by atoms with Crippen molar-refractivity contribution in [3.63, 3.8) is 0 Å². The maximum atomic E-state index is 10.3. The zero-order valence-corrected chi connectivity index (χ0v) is 13.9. The van der Waals surface area contributed by atoms with Crippen LogP contribution in [0.15, 0.2) is 0 Å². The molecule has 2 atom stereocenters. The summed E-state index contributed by atoms with van der Waals surface area (Å²) in [7, 11) is 0. The van der Waals surface area contributed by atoms with E-state index in [0.29, 0.717) is 0 Å². The molecular formula is C10H16Cl2N2O4Pt. The molecule has 0 spiro atoms. The van der Waals surface area contributed by atoms with E-state index in [4.69, 9.17) is 0 Å². The average molecular weight is 494 g/mol. The first kappa shape index (κ1) is 24.2. The minimum atomic E-state index is -1.15. The summed E-state index contributed by atoms with van der Waals surface area (Å²) in [6.07, 6.45) is 3.73. The van der Waals surface area contributed by atoms with E-state index >= 15 is 0 Å². The second-order valence-corrected chi connectivity index (χ2v) is 4.00. The Kier molecular flexibility index (Phi) is 16.7. The van der Waals surface area contributed by atoms with Gasteiger partial charge in [-0.25, -0.2) is 0 Å². The van der Waals surface area contributed by atoms with Gasteiger partial charge in [-0.3, -0.25) is 0 Å². The van der Waals surface area contributed by atoms with E-state index < -0.39 is 11.9 Å². The summed E-state index contributed by atoms with van der Waals surface area (Å²) < 4.78 is 0. The van der Waals surface area contributed by atoms with E-state index in [1.165, 1.54) is 0 Å². The fraction of sp³-hybridized carbons (Fsp3) is 0.800. The van der Waals surface area contributed by atoms with Gasteiger partial charge < -0.3 is 55.2 Å². The fourth-order valence-corrected chi connectivity index (χ4v) is 2.05. The Bertz CT molecular complexity index is 246. The number of carboxylic acid groups (broad SMARTS) is 2. The molecule has 1 rings (SSSR count). The molecular weight excluding hydrogens is 478 g/mol. The molecule has 0 radical (unpaired) electrons. The molecule has 0 amide bonds. The SMILES string of the molecule is O=C([O-])CN[C@@H]1CCCC[C@H]1NCC(=O)[O-].[Cl-].[Cl-].[Pt+4]. The van der Waals surface area contributed by atoms with Crippen LogP contribution >= 0.6 is 0 Å². The van der Waals surface area contributed by atoms with Crippen LogP contribution < -0.4 is 45.7 Å². The summed E-state index contributed by atoms with van der Waals surface area (Å²) in [5, 5.41) is 26.3. The Hall–Kier alpha value is 0.128. The van der Waals surface area contributed by atoms with Crippen LogP contribution in [0.2, 0.25) is 0 Å². The van der Waals surface area contributed by atoms with E-state index in [1.807, 2.05) is 0 Å². The van der Waals surface area contributed by atoms with E-state index in [1.54, 1.807) is 0 Å². The number of hydrogen-bond acceptors (Lipinski definition) is 6. The second-order valence-electron chi connectivity index (χ2n) is 4.00. The van der Waals surface area contributed by atoms with Crippen LogP contribution in [0.1, 0.15) is 25.7 Å². The van der Waals surface area contributed by atoms with Crippen molar-refractivity contribution in [1.29, 1.82) is 0 Å². The topological polar surface area (TPSA) is 104 Å². The van der Waals surface area contributed by atoms with E-state index in [-0.39, 0.29) is 71.1 Å². The molecule has 1 saturated carbocycles. The Morgan fingerprint density at radius 3 is 1.47 bits per heavy atom.